The highest BCUT2D eigenvalue weighted by Crippen LogP contribution is 2.13. The van der Waals surface area contributed by atoms with Crippen LogP contribution in [-0.2, 0) is 13.0 Å². The van der Waals surface area contributed by atoms with Crippen LogP contribution in [0.4, 0.5) is 0 Å². The third-order valence-corrected chi connectivity index (χ3v) is 3.59. The van der Waals surface area contributed by atoms with Crippen molar-refractivity contribution in [2.24, 2.45) is 4.99 Å². The Morgan fingerprint density at radius 1 is 1.20 bits per heavy atom. The minimum atomic E-state index is 0. The van der Waals surface area contributed by atoms with E-state index in [4.69, 9.17) is 9.15 Å². The number of furan rings is 1. The van der Waals surface area contributed by atoms with Crippen LogP contribution in [0.25, 0.3) is 0 Å². The molecule has 0 spiro atoms. The second kappa shape index (κ2) is 12.6. The van der Waals surface area contributed by atoms with Gasteiger partial charge in [0, 0.05) is 26.6 Å². The Labute approximate surface area is 167 Å². The molecule has 0 aliphatic rings. The second-order valence-corrected chi connectivity index (χ2v) is 5.53. The molecule has 2 N–H and O–H groups in total. The van der Waals surface area contributed by atoms with Crippen molar-refractivity contribution in [2.45, 2.75) is 32.7 Å². The zero-order chi connectivity index (χ0) is 17.0. The van der Waals surface area contributed by atoms with Crippen molar-refractivity contribution >= 4 is 29.9 Å². The first-order chi connectivity index (χ1) is 11.8. The van der Waals surface area contributed by atoms with Gasteiger partial charge in [0.1, 0.15) is 11.5 Å². The summed E-state index contributed by atoms with van der Waals surface area (Å²) in [5.74, 6) is 2.66. The molecule has 2 aromatic rings. The average Bonchev–Trinajstić information content (AvgIpc) is 3.12. The lowest BCUT2D eigenvalue weighted by molar-refractivity contribution is 0.309. The van der Waals surface area contributed by atoms with Gasteiger partial charge in [0.15, 0.2) is 5.96 Å². The van der Waals surface area contributed by atoms with E-state index >= 15 is 0 Å². The van der Waals surface area contributed by atoms with Gasteiger partial charge in [-0.25, -0.2) is 0 Å². The molecule has 0 unspecified atom stereocenters. The van der Waals surface area contributed by atoms with Gasteiger partial charge >= 0.3 is 0 Å². The number of hydrogen-bond acceptors (Lipinski definition) is 3. The van der Waals surface area contributed by atoms with Crippen LogP contribution in [0, 0.1) is 0 Å². The van der Waals surface area contributed by atoms with Crippen molar-refractivity contribution in [3.8, 4) is 5.75 Å². The molecule has 0 saturated carbocycles. The molecular formula is C19H28IN3O2. The molecule has 1 aromatic heterocycles. The molecule has 0 fully saturated rings. The monoisotopic (exact) mass is 457 g/mol. The third kappa shape index (κ3) is 8.29. The summed E-state index contributed by atoms with van der Waals surface area (Å²) in [6.45, 7) is 4.40. The van der Waals surface area contributed by atoms with E-state index in [1.54, 1.807) is 13.3 Å². The normalized spacial score (nSPS) is 10.9. The molecule has 0 saturated heterocycles. The number of rotatable bonds is 9. The predicted molar refractivity (Wildman–Crippen MR) is 113 cm³/mol. The molecule has 0 aliphatic heterocycles. The first-order valence-electron chi connectivity index (χ1n) is 8.50. The topological polar surface area (TPSA) is 58.8 Å². The smallest absolute Gasteiger partial charge is 0.191 e. The van der Waals surface area contributed by atoms with Gasteiger partial charge in [-0.15, -0.1) is 24.0 Å². The SMILES string of the molecule is CCCCOc1cccc(CNC(=NC)NCCc2ccco2)c1.I. The van der Waals surface area contributed by atoms with Crippen molar-refractivity contribution in [3.05, 3.63) is 54.0 Å². The van der Waals surface area contributed by atoms with Gasteiger partial charge in [-0.2, -0.15) is 0 Å². The quantitative estimate of drug-likeness (QED) is 0.259. The molecule has 0 amide bonds. The van der Waals surface area contributed by atoms with E-state index in [1.807, 2.05) is 24.3 Å². The van der Waals surface area contributed by atoms with Gasteiger partial charge in [-0.3, -0.25) is 4.99 Å². The summed E-state index contributed by atoms with van der Waals surface area (Å²) in [6.07, 6.45) is 4.74. The predicted octanol–water partition coefficient (Wildman–Crippen LogP) is 3.98. The van der Waals surface area contributed by atoms with E-state index in [1.165, 1.54) is 0 Å². The van der Waals surface area contributed by atoms with E-state index in [0.717, 1.165) is 55.4 Å². The first kappa shape index (κ1) is 21.3. The van der Waals surface area contributed by atoms with Crippen LogP contribution < -0.4 is 15.4 Å². The summed E-state index contributed by atoms with van der Waals surface area (Å²) in [7, 11) is 1.77. The fourth-order valence-electron chi connectivity index (χ4n) is 2.24. The number of hydrogen-bond donors (Lipinski definition) is 2. The summed E-state index contributed by atoms with van der Waals surface area (Å²) in [4.78, 5) is 4.24. The van der Waals surface area contributed by atoms with E-state index in [9.17, 15) is 0 Å². The Balaban J connectivity index is 0.00000312. The number of aliphatic imine (C=N–C) groups is 1. The number of guanidine groups is 1. The van der Waals surface area contributed by atoms with Crippen LogP contribution in [0.3, 0.4) is 0 Å². The van der Waals surface area contributed by atoms with Crippen LogP contribution in [-0.4, -0.2) is 26.2 Å². The maximum atomic E-state index is 5.74. The Kier molecular flexibility index (Phi) is 10.8. The number of halogens is 1. The molecule has 1 aromatic carbocycles. The third-order valence-electron chi connectivity index (χ3n) is 3.59. The molecule has 6 heteroatoms. The van der Waals surface area contributed by atoms with Crippen molar-refractivity contribution in [3.63, 3.8) is 0 Å². The number of nitrogens with zero attached hydrogens (tertiary/aromatic N) is 1. The summed E-state index contributed by atoms with van der Waals surface area (Å²) in [6, 6.07) is 12.0. The van der Waals surface area contributed by atoms with Crippen LogP contribution in [0.5, 0.6) is 5.75 Å². The molecule has 5 nitrogen and oxygen atoms in total. The van der Waals surface area contributed by atoms with E-state index < -0.39 is 0 Å². The van der Waals surface area contributed by atoms with Gasteiger partial charge in [-0.1, -0.05) is 25.5 Å². The maximum absolute atomic E-state index is 5.74. The fraction of sp³-hybridized carbons (Fsp3) is 0.421. The number of benzene rings is 1. The summed E-state index contributed by atoms with van der Waals surface area (Å²) in [5.41, 5.74) is 1.16. The van der Waals surface area contributed by atoms with Gasteiger partial charge in [-0.05, 0) is 36.2 Å². The lowest BCUT2D eigenvalue weighted by Gasteiger charge is -2.12. The zero-order valence-corrected chi connectivity index (χ0v) is 17.3. The molecule has 138 valence electrons. The second-order valence-electron chi connectivity index (χ2n) is 5.53. The Hall–Kier alpha value is -1.70. The molecule has 1 heterocycles. The van der Waals surface area contributed by atoms with Crippen LogP contribution in [0.15, 0.2) is 52.1 Å². The van der Waals surface area contributed by atoms with E-state index in [2.05, 4.69) is 34.7 Å². The molecule has 0 bridgehead atoms. The van der Waals surface area contributed by atoms with Gasteiger partial charge in [0.05, 0.1) is 12.9 Å². The highest BCUT2D eigenvalue weighted by molar-refractivity contribution is 14.0. The van der Waals surface area contributed by atoms with Crippen molar-refractivity contribution in [2.75, 3.05) is 20.2 Å². The van der Waals surface area contributed by atoms with Gasteiger partial charge in [0.2, 0.25) is 0 Å². The van der Waals surface area contributed by atoms with Crippen LogP contribution in [0.2, 0.25) is 0 Å². The largest absolute Gasteiger partial charge is 0.494 e. The maximum Gasteiger partial charge on any atom is 0.191 e. The fourth-order valence-corrected chi connectivity index (χ4v) is 2.24. The first-order valence-corrected chi connectivity index (χ1v) is 8.50. The zero-order valence-electron chi connectivity index (χ0n) is 15.0. The Morgan fingerprint density at radius 2 is 2.08 bits per heavy atom. The highest BCUT2D eigenvalue weighted by atomic mass is 127. The highest BCUT2D eigenvalue weighted by Gasteiger charge is 2.01. The van der Waals surface area contributed by atoms with Crippen molar-refractivity contribution in [1.29, 1.82) is 0 Å². The summed E-state index contributed by atoms with van der Waals surface area (Å²) < 4.78 is 11.1. The standard InChI is InChI=1S/C19H27N3O2.HI/c1-3-4-12-24-18-8-5-7-16(14-18)15-22-19(20-2)21-11-10-17-9-6-13-23-17;/h5-9,13-14H,3-4,10-12,15H2,1-2H3,(H2,20,21,22);1H. The van der Waals surface area contributed by atoms with Gasteiger partial charge in [0.25, 0.3) is 0 Å². The van der Waals surface area contributed by atoms with E-state index in [0.29, 0.717) is 6.54 Å². The van der Waals surface area contributed by atoms with Crippen molar-refractivity contribution < 1.29 is 9.15 Å². The van der Waals surface area contributed by atoms with E-state index in [-0.39, 0.29) is 24.0 Å². The number of ether oxygens (including phenoxy) is 1. The average molecular weight is 457 g/mol. The summed E-state index contributed by atoms with van der Waals surface area (Å²) >= 11 is 0. The summed E-state index contributed by atoms with van der Waals surface area (Å²) in [5, 5.41) is 6.60. The minimum Gasteiger partial charge on any atom is -0.494 e. The number of unbranched alkanes of at least 4 members (excludes halogenated alkanes) is 1. The Bertz CT molecular complexity index is 615. The molecule has 0 aliphatic carbocycles. The van der Waals surface area contributed by atoms with Crippen LogP contribution >= 0.6 is 24.0 Å². The lowest BCUT2D eigenvalue weighted by atomic mass is 10.2. The Morgan fingerprint density at radius 3 is 2.80 bits per heavy atom. The molecular weight excluding hydrogens is 429 g/mol. The molecule has 0 radical (unpaired) electrons. The van der Waals surface area contributed by atoms with Crippen molar-refractivity contribution in [1.82, 2.24) is 10.6 Å². The minimum absolute atomic E-state index is 0. The molecule has 0 atom stereocenters. The van der Waals surface area contributed by atoms with Crippen LogP contribution in [0.1, 0.15) is 31.1 Å². The molecule has 2 rings (SSSR count). The number of nitrogens with one attached hydrogen (secondary N) is 2. The lowest BCUT2D eigenvalue weighted by Crippen LogP contribution is -2.37. The van der Waals surface area contributed by atoms with Gasteiger partial charge < -0.3 is 19.8 Å². The molecule has 25 heavy (non-hydrogen) atoms.